The highest BCUT2D eigenvalue weighted by atomic mass is 35.5. The SMILES string of the molecule is CCCC(C)N1CCC(N(Cc2ccccc2)C(=O)Nc2ccc(Cl)c(N)c2)CC1. The minimum Gasteiger partial charge on any atom is -0.397 e. The third kappa shape index (κ3) is 5.89. The summed E-state index contributed by atoms with van der Waals surface area (Å²) in [7, 11) is 0. The molecule has 2 amide bonds. The van der Waals surface area contributed by atoms with Crippen LogP contribution in [0.15, 0.2) is 48.5 Å². The van der Waals surface area contributed by atoms with Gasteiger partial charge in [-0.05, 0) is 49.9 Å². The Bertz CT molecular complexity index is 821. The van der Waals surface area contributed by atoms with Crippen LogP contribution in [-0.4, -0.2) is 41.0 Å². The fraction of sp³-hybridized carbons (Fsp3) is 0.458. The molecule has 1 atom stereocenters. The van der Waals surface area contributed by atoms with Crippen molar-refractivity contribution in [1.82, 2.24) is 9.80 Å². The predicted octanol–water partition coefficient (Wildman–Crippen LogP) is 5.61. The van der Waals surface area contributed by atoms with Crippen molar-refractivity contribution in [2.24, 2.45) is 0 Å². The molecule has 2 aromatic carbocycles. The van der Waals surface area contributed by atoms with Gasteiger partial charge in [0.2, 0.25) is 0 Å². The van der Waals surface area contributed by atoms with E-state index in [4.69, 9.17) is 17.3 Å². The number of nitrogen functional groups attached to an aromatic ring is 1. The first-order valence-corrected chi connectivity index (χ1v) is 11.3. The maximum atomic E-state index is 13.3. The van der Waals surface area contributed by atoms with Gasteiger partial charge in [0.1, 0.15) is 0 Å². The molecule has 3 rings (SSSR count). The molecule has 1 fully saturated rings. The predicted molar refractivity (Wildman–Crippen MR) is 126 cm³/mol. The Morgan fingerprint density at radius 2 is 1.93 bits per heavy atom. The average molecular weight is 429 g/mol. The number of hydrogen-bond donors (Lipinski definition) is 2. The van der Waals surface area contributed by atoms with Gasteiger partial charge in [-0.15, -0.1) is 0 Å². The molecule has 1 aliphatic rings. The Labute approximate surface area is 185 Å². The molecule has 1 saturated heterocycles. The largest absolute Gasteiger partial charge is 0.397 e. The van der Waals surface area contributed by atoms with Gasteiger partial charge < -0.3 is 20.9 Å². The second kappa shape index (κ2) is 10.7. The fourth-order valence-electron chi connectivity index (χ4n) is 4.20. The first-order chi connectivity index (χ1) is 14.5. The molecule has 6 heteroatoms. The van der Waals surface area contributed by atoms with E-state index in [1.54, 1.807) is 18.2 Å². The van der Waals surface area contributed by atoms with Gasteiger partial charge in [0, 0.05) is 37.4 Å². The van der Waals surface area contributed by atoms with Gasteiger partial charge in [0.15, 0.2) is 0 Å². The Hall–Kier alpha value is -2.24. The molecule has 2 aromatic rings. The molecular weight excluding hydrogens is 396 g/mol. The third-order valence-corrected chi connectivity index (χ3v) is 6.32. The van der Waals surface area contributed by atoms with Crippen LogP contribution >= 0.6 is 11.6 Å². The van der Waals surface area contributed by atoms with Crippen molar-refractivity contribution in [2.45, 2.75) is 58.2 Å². The van der Waals surface area contributed by atoms with Crippen LogP contribution in [0.25, 0.3) is 0 Å². The molecule has 0 aromatic heterocycles. The highest BCUT2D eigenvalue weighted by molar-refractivity contribution is 6.33. The molecule has 3 N–H and O–H groups in total. The van der Waals surface area contributed by atoms with Crippen molar-refractivity contribution in [3.05, 3.63) is 59.1 Å². The molecular formula is C24H33ClN4O. The van der Waals surface area contributed by atoms with Gasteiger partial charge in [-0.3, -0.25) is 0 Å². The average Bonchev–Trinajstić information content (AvgIpc) is 2.75. The van der Waals surface area contributed by atoms with Crippen LogP contribution in [0.5, 0.6) is 0 Å². The van der Waals surface area contributed by atoms with Crippen LogP contribution in [0, 0.1) is 0 Å². The number of hydrogen-bond acceptors (Lipinski definition) is 3. The molecule has 0 bridgehead atoms. The molecule has 5 nitrogen and oxygen atoms in total. The number of urea groups is 1. The highest BCUT2D eigenvalue weighted by Gasteiger charge is 2.29. The number of halogens is 1. The minimum atomic E-state index is -0.0966. The summed E-state index contributed by atoms with van der Waals surface area (Å²) in [5.41, 5.74) is 8.16. The number of benzene rings is 2. The van der Waals surface area contributed by atoms with E-state index >= 15 is 0 Å². The van der Waals surface area contributed by atoms with E-state index in [2.05, 4.69) is 36.2 Å². The Kier molecular flexibility index (Phi) is 8.00. The number of piperidine rings is 1. The number of carbonyl (C=O) groups is 1. The third-order valence-electron chi connectivity index (χ3n) is 5.97. The zero-order valence-corrected chi connectivity index (χ0v) is 18.7. The molecule has 1 unspecified atom stereocenters. The maximum absolute atomic E-state index is 13.3. The second-order valence-electron chi connectivity index (χ2n) is 8.18. The summed E-state index contributed by atoms with van der Waals surface area (Å²) in [6.07, 6.45) is 4.39. The van der Waals surface area contributed by atoms with Gasteiger partial charge >= 0.3 is 6.03 Å². The van der Waals surface area contributed by atoms with Crippen LogP contribution in [0.1, 0.15) is 45.1 Å². The van der Waals surface area contributed by atoms with Gasteiger partial charge in [0.05, 0.1) is 10.7 Å². The number of nitrogens with zero attached hydrogens (tertiary/aromatic N) is 2. The number of amides is 2. The number of rotatable bonds is 7. The summed E-state index contributed by atoms with van der Waals surface area (Å²) >= 11 is 6.02. The number of nitrogens with two attached hydrogens (primary N) is 1. The summed E-state index contributed by atoms with van der Waals surface area (Å²) < 4.78 is 0. The number of carbonyl (C=O) groups excluding carboxylic acids is 1. The van der Waals surface area contributed by atoms with Crippen LogP contribution in [0.4, 0.5) is 16.2 Å². The molecule has 0 radical (unpaired) electrons. The summed E-state index contributed by atoms with van der Waals surface area (Å²) in [5, 5.41) is 3.51. The first kappa shape index (κ1) is 22.4. The van der Waals surface area contributed by atoms with Gasteiger partial charge in [-0.25, -0.2) is 4.79 Å². The number of nitrogens with one attached hydrogen (secondary N) is 1. The van der Waals surface area contributed by atoms with Gasteiger partial charge in [-0.2, -0.15) is 0 Å². The van der Waals surface area contributed by atoms with Crippen LogP contribution in [0.2, 0.25) is 5.02 Å². The van der Waals surface area contributed by atoms with E-state index in [9.17, 15) is 4.79 Å². The summed E-state index contributed by atoms with van der Waals surface area (Å²) in [6.45, 7) is 7.18. The molecule has 1 heterocycles. The van der Waals surface area contributed by atoms with E-state index in [1.807, 2.05) is 23.1 Å². The second-order valence-corrected chi connectivity index (χ2v) is 8.59. The number of likely N-dealkylation sites (tertiary alicyclic amines) is 1. The van der Waals surface area contributed by atoms with E-state index < -0.39 is 0 Å². The van der Waals surface area contributed by atoms with Crippen molar-refractivity contribution in [1.29, 1.82) is 0 Å². The van der Waals surface area contributed by atoms with Crippen molar-refractivity contribution >= 4 is 29.0 Å². The Morgan fingerprint density at radius 1 is 1.23 bits per heavy atom. The Balaban J connectivity index is 1.72. The van der Waals surface area contributed by atoms with Crippen molar-refractivity contribution < 1.29 is 4.79 Å². The lowest BCUT2D eigenvalue weighted by Crippen LogP contribution is -2.50. The lowest BCUT2D eigenvalue weighted by molar-refractivity contribution is 0.0989. The number of anilines is 2. The standard InChI is InChI=1S/C24H33ClN4O/c1-3-7-18(2)28-14-12-21(13-15-28)29(17-19-8-5-4-6-9-19)24(30)27-20-10-11-22(25)23(26)16-20/h4-6,8-11,16,18,21H,3,7,12-15,17,26H2,1-2H3,(H,27,30). The fourth-order valence-corrected chi connectivity index (χ4v) is 4.32. The van der Waals surface area contributed by atoms with Crippen molar-refractivity contribution in [3.8, 4) is 0 Å². The van der Waals surface area contributed by atoms with Crippen LogP contribution in [0.3, 0.4) is 0 Å². The van der Waals surface area contributed by atoms with Gasteiger partial charge in [-0.1, -0.05) is 55.3 Å². The summed E-state index contributed by atoms with van der Waals surface area (Å²) in [4.78, 5) is 17.8. The maximum Gasteiger partial charge on any atom is 0.322 e. The quantitative estimate of drug-likeness (QED) is 0.563. The van der Waals surface area contributed by atoms with E-state index in [-0.39, 0.29) is 12.1 Å². The smallest absolute Gasteiger partial charge is 0.322 e. The van der Waals surface area contributed by atoms with E-state index in [0.717, 1.165) is 31.5 Å². The monoisotopic (exact) mass is 428 g/mol. The summed E-state index contributed by atoms with van der Waals surface area (Å²) in [6, 6.07) is 16.1. The summed E-state index contributed by atoms with van der Waals surface area (Å²) in [5.74, 6) is 0. The van der Waals surface area contributed by atoms with Crippen LogP contribution in [-0.2, 0) is 6.54 Å². The van der Waals surface area contributed by atoms with Crippen LogP contribution < -0.4 is 11.1 Å². The normalized spacial score (nSPS) is 16.2. The topological polar surface area (TPSA) is 61.6 Å². The molecule has 30 heavy (non-hydrogen) atoms. The molecule has 162 valence electrons. The lowest BCUT2D eigenvalue weighted by Gasteiger charge is -2.40. The molecule has 0 spiro atoms. The van der Waals surface area contributed by atoms with Gasteiger partial charge in [0.25, 0.3) is 0 Å². The van der Waals surface area contributed by atoms with Crippen molar-refractivity contribution in [3.63, 3.8) is 0 Å². The molecule has 1 aliphatic heterocycles. The zero-order chi connectivity index (χ0) is 21.5. The highest BCUT2D eigenvalue weighted by Crippen LogP contribution is 2.25. The minimum absolute atomic E-state index is 0.0966. The lowest BCUT2D eigenvalue weighted by atomic mass is 10.00. The Morgan fingerprint density at radius 3 is 2.57 bits per heavy atom. The molecule has 0 aliphatic carbocycles. The zero-order valence-electron chi connectivity index (χ0n) is 18.0. The van der Waals surface area contributed by atoms with Crippen molar-refractivity contribution in [2.75, 3.05) is 24.1 Å². The first-order valence-electron chi connectivity index (χ1n) is 10.9. The van der Waals surface area contributed by atoms with E-state index in [1.165, 1.54) is 12.8 Å². The van der Waals surface area contributed by atoms with E-state index in [0.29, 0.717) is 29.0 Å². The molecule has 0 saturated carbocycles.